The number of hydrogen-bond acceptors (Lipinski definition) is 1. The molecule has 0 spiro atoms. The molecule has 0 saturated heterocycles. The lowest BCUT2D eigenvalue weighted by Gasteiger charge is -2.29. The van der Waals surface area contributed by atoms with Crippen LogP contribution in [0.4, 0.5) is 0 Å². The van der Waals surface area contributed by atoms with Crippen molar-refractivity contribution in [3.8, 4) is 0 Å². The SMILES string of the molecule is CC(Cl)c1nc2c(Cl)cccc2n1C1(C)CCCC1. The molecule has 4 heteroatoms. The summed E-state index contributed by atoms with van der Waals surface area (Å²) in [7, 11) is 0. The summed E-state index contributed by atoms with van der Waals surface area (Å²) in [5.74, 6) is 0.939. The second kappa shape index (κ2) is 4.68. The lowest BCUT2D eigenvalue weighted by atomic mass is 9.99. The van der Waals surface area contributed by atoms with Gasteiger partial charge in [-0.05, 0) is 38.8 Å². The van der Waals surface area contributed by atoms with E-state index in [0.29, 0.717) is 5.02 Å². The molecular formula is C15H18Cl2N2. The predicted octanol–water partition coefficient (Wildman–Crippen LogP) is 5.28. The van der Waals surface area contributed by atoms with Crippen LogP contribution in [-0.2, 0) is 5.54 Å². The van der Waals surface area contributed by atoms with E-state index >= 15 is 0 Å². The van der Waals surface area contributed by atoms with Crippen molar-refractivity contribution in [1.29, 1.82) is 0 Å². The number of alkyl halides is 1. The van der Waals surface area contributed by atoms with Crippen molar-refractivity contribution in [2.24, 2.45) is 0 Å². The van der Waals surface area contributed by atoms with E-state index in [1.807, 2.05) is 19.1 Å². The minimum atomic E-state index is -0.110. The van der Waals surface area contributed by atoms with E-state index < -0.39 is 0 Å². The molecule has 0 bridgehead atoms. The zero-order chi connectivity index (χ0) is 13.6. The molecule has 2 nitrogen and oxygen atoms in total. The third-order valence-electron chi connectivity index (χ3n) is 4.24. The van der Waals surface area contributed by atoms with Crippen LogP contribution in [-0.4, -0.2) is 9.55 Å². The van der Waals surface area contributed by atoms with E-state index in [1.165, 1.54) is 25.7 Å². The van der Waals surface area contributed by atoms with Crippen LogP contribution < -0.4 is 0 Å². The Labute approximate surface area is 123 Å². The highest BCUT2D eigenvalue weighted by Crippen LogP contribution is 2.42. The van der Waals surface area contributed by atoms with Crippen molar-refractivity contribution in [2.45, 2.75) is 50.4 Å². The summed E-state index contributed by atoms with van der Waals surface area (Å²) < 4.78 is 2.33. The fourth-order valence-corrected chi connectivity index (χ4v) is 3.64. The number of fused-ring (bicyclic) bond motifs is 1. The van der Waals surface area contributed by atoms with Crippen LogP contribution >= 0.6 is 23.2 Å². The second-order valence-corrected chi connectivity index (χ2v) is 6.79. The third-order valence-corrected chi connectivity index (χ3v) is 4.74. The molecule has 1 fully saturated rings. The van der Waals surface area contributed by atoms with Crippen molar-refractivity contribution < 1.29 is 0 Å². The van der Waals surface area contributed by atoms with E-state index in [1.54, 1.807) is 0 Å². The summed E-state index contributed by atoms with van der Waals surface area (Å²) in [5.41, 5.74) is 2.11. The van der Waals surface area contributed by atoms with E-state index in [9.17, 15) is 0 Å². The number of nitrogens with zero attached hydrogens (tertiary/aromatic N) is 2. The van der Waals surface area contributed by atoms with Gasteiger partial charge < -0.3 is 4.57 Å². The quantitative estimate of drug-likeness (QED) is 0.690. The van der Waals surface area contributed by atoms with Gasteiger partial charge in [-0.15, -0.1) is 11.6 Å². The Kier molecular flexibility index (Phi) is 3.26. The molecule has 1 heterocycles. The zero-order valence-corrected chi connectivity index (χ0v) is 12.8. The summed E-state index contributed by atoms with van der Waals surface area (Å²) >= 11 is 12.6. The lowest BCUT2D eigenvalue weighted by Crippen LogP contribution is -2.28. The van der Waals surface area contributed by atoms with Crippen LogP contribution in [0.5, 0.6) is 0 Å². The van der Waals surface area contributed by atoms with Gasteiger partial charge >= 0.3 is 0 Å². The van der Waals surface area contributed by atoms with Gasteiger partial charge in [0.1, 0.15) is 11.3 Å². The Bertz CT molecular complexity index is 610. The molecule has 2 aromatic rings. The van der Waals surface area contributed by atoms with Gasteiger partial charge in [0.15, 0.2) is 0 Å². The first-order chi connectivity index (χ1) is 9.03. The van der Waals surface area contributed by atoms with Crippen LogP contribution in [0.3, 0.4) is 0 Å². The molecule has 19 heavy (non-hydrogen) atoms. The van der Waals surface area contributed by atoms with Gasteiger partial charge in [-0.1, -0.05) is 30.5 Å². The molecular weight excluding hydrogens is 279 g/mol. The van der Waals surface area contributed by atoms with E-state index in [2.05, 4.69) is 17.6 Å². The summed E-state index contributed by atoms with van der Waals surface area (Å²) in [4.78, 5) is 4.70. The molecule has 0 N–H and O–H groups in total. The number of hydrogen-bond donors (Lipinski definition) is 0. The number of para-hydroxylation sites is 1. The largest absolute Gasteiger partial charge is 0.321 e. The molecule has 1 aromatic carbocycles. The van der Waals surface area contributed by atoms with E-state index in [0.717, 1.165) is 16.9 Å². The van der Waals surface area contributed by atoms with Crippen molar-refractivity contribution in [3.05, 3.63) is 29.0 Å². The average Bonchev–Trinajstić information content (AvgIpc) is 2.94. The maximum atomic E-state index is 6.35. The molecule has 1 aliphatic rings. The van der Waals surface area contributed by atoms with Gasteiger partial charge in [0.25, 0.3) is 0 Å². The summed E-state index contributed by atoms with van der Waals surface area (Å²) in [6.07, 6.45) is 4.91. The van der Waals surface area contributed by atoms with Crippen LogP contribution in [0.15, 0.2) is 18.2 Å². The lowest BCUT2D eigenvalue weighted by molar-refractivity contribution is 0.328. The van der Waals surface area contributed by atoms with Gasteiger partial charge in [0.2, 0.25) is 0 Å². The second-order valence-electron chi connectivity index (χ2n) is 5.73. The molecule has 102 valence electrons. The van der Waals surface area contributed by atoms with Gasteiger partial charge in [-0.3, -0.25) is 0 Å². The Morgan fingerprint density at radius 1 is 1.32 bits per heavy atom. The average molecular weight is 297 g/mol. The highest BCUT2D eigenvalue weighted by Gasteiger charge is 2.35. The zero-order valence-electron chi connectivity index (χ0n) is 11.3. The van der Waals surface area contributed by atoms with Crippen LogP contribution in [0.25, 0.3) is 11.0 Å². The molecule has 0 radical (unpaired) electrons. The monoisotopic (exact) mass is 296 g/mol. The Balaban J connectivity index is 2.31. The fraction of sp³-hybridized carbons (Fsp3) is 0.533. The molecule has 1 unspecified atom stereocenters. The fourth-order valence-electron chi connectivity index (χ4n) is 3.28. The Morgan fingerprint density at radius 2 is 2.00 bits per heavy atom. The van der Waals surface area contributed by atoms with Crippen LogP contribution in [0.1, 0.15) is 50.7 Å². The minimum Gasteiger partial charge on any atom is -0.321 e. The van der Waals surface area contributed by atoms with Gasteiger partial charge in [0.05, 0.1) is 15.9 Å². The molecule has 1 atom stereocenters. The number of rotatable bonds is 2. The normalized spacial score (nSPS) is 20.0. The van der Waals surface area contributed by atoms with Crippen molar-refractivity contribution in [2.75, 3.05) is 0 Å². The number of benzene rings is 1. The van der Waals surface area contributed by atoms with Crippen molar-refractivity contribution in [3.63, 3.8) is 0 Å². The molecule has 1 aliphatic carbocycles. The first kappa shape index (κ1) is 13.3. The van der Waals surface area contributed by atoms with E-state index in [-0.39, 0.29) is 10.9 Å². The highest BCUT2D eigenvalue weighted by atomic mass is 35.5. The standard InChI is InChI=1S/C15H18Cl2N2/c1-10(16)14-18-13-11(17)6-5-7-12(13)19(14)15(2)8-3-4-9-15/h5-7,10H,3-4,8-9H2,1-2H3. The van der Waals surface area contributed by atoms with E-state index in [4.69, 9.17) is 28.2 Å². The summed E-state index contributed by atoms with van der Waals surface area (Å²) in [5, 5.41) is 0.595. The molecule has 0 aliphatic heterocycles. The smallest absolute Gasteiger partial charge is 0.128 e. The van der Waals surface area contributed by atoms with Crippen molar-refractivity contribution >= 4 is 34.2 Å². The number of imidazole rings is 1. The first-order valence-electron chi connectivity index (χ1n) is 6.84. The highest BCUT2D eigenvalue weighted by molar-refractivity contribution is 6.35. The molecule has 0 amide bonds. The predicted molar refractivity (Wildman–Crippen MR) is 81.1 cm³/mol. The summed E-state index contributed by atoms with van der Waals surface area (Å²) in [6.45, 7) is 4.29. The number of aromatic nitrogens is 2. The van der Waals surface area contributed by atoms with Crippen LogP contribution in [0.2, 0.25) is 5.02 Å². The molecule has 1 saturated carbocycles. The maximum absolute atomic E-state index is 6.35. The summed E-state index contributed by atoms with van der Waals surface area (Å²) in [6, 6.07) is 5.98. The van der Waals surface area contributed by atoms with Gasteiger partial charge in [0, 0.05) is 5.54 Å². The van der Waals surface area contributed by atoms with Gasteiger partial charge in [-0.25, -0.2) is 4.98 Å². The van der Waals surface area contributed by atoms with Gasteiger partial charge in [-0.2, -0.15) is 0 Å². The molecule has 1 aromatic heterocycles. The minimum absolute atomic E-state index is 0.110. The van der Waals surface area contributed by atoms with Crippen LogP contribution in [0, 0.1) is 0 Å². The number of halogens is 2. The maximum Gasteiger partial charge on any atom is 0.128 e. The van der Waals surface area contributed by atoms with Crippen molar-refractivity contribution in [1.82, 2.24) is 9.55 Å². The molecule has 3 rings (SSSR count). The third kappa shape index (κ3) is 2.05. The Hall–Kier alpha value is -0.730. The Morgan fingerprint density at radius 3 is 2.63 bits per heavy atom. The first-order valence-corrected chi connectivity index (χ1v) is 7.66. The topological polar surface area (TPSA) is 17.8 Å².